The van der Waals surface area contributed by atoms with Crippen molar-refractivity contribution in [3.63, 3.8) is 0 Å². The Morgan fingerprint density at radius 2 is 2.40 bits per heavy atom. The molecule has 0 saturated carbocycles. The van der Waals surface area contributed by atoms with Crippen LogP contribution in [0.2, 0.25) is 0 Å². The average Bonchev–Trinajstić information content (AvgIpc) is 2.99. The molecule has 0 aromatic carbocycles. The molecule has 0 unspecified atom stereocenters. The van der Waals surface area contributed by atoms with Gasteiger partial charge in [-0.15, -0.1) is 21.5 Å². The third-order valence-corrected chi connectivity index (χ3v) is 6.01. The van der Waals surface area contributed by atoms with Gasteiger partial charge in [-0.05, 0) is 23.8 Å². The van der Waals surface area contributed by atoms with Gasteiger partial charge >= 0.3 is 5.97 Å². The van der Waals surface area contributed by atoms with Crippen molar-refractivity contribution < 1.29 is 9.90 Å². The van der Waals surface area contributed by atoms with Crippen LogP contribution in [0.3, 0.4) is 0 Å². The molecule has 0 radical (unpaired) electrons. The Labute approximate surface area is 127 Å². The van der Waals surface area contributed by atoms with E-state index >= 15 is 0 Å². The molecule has 20 heavy (non-hydrogen) atoms. The second-order valence-electron chi connectivity index (χ2n) is 4.22. The van der Waals surface area contributed by atoms with Gasteiger partial charge in [0.15, 0.2) is 5.82 Å². The van der Waals surface area contributed by atoms with E-state index in [9.17, 15) is 4.79 Å². The number of hydrogen-bond acceptors (Lipinski definition) is 7. The summed E-state index contributed by atoms with van der Waals surface area (Å²) < 4.78 is 1.37. The van der Waals surface area contributed by atoms with Crippen LogP contribution in [-0.4, -0.2) is 37.5 Å². The van der Waals surface area contributed by atoms with Crippen LogP contribution in [0.4, 0.5) is 0 Å². The molecular weight excluding hydrogens is 316 g/mol. The van der Waals surface area contributed by atoms with Gasteiger partial charge in [-0.3, -0.25) is 4.79 Å². The number of fused-ring (bicyclic) bond motifs is 1. The lowest BCUT2D eigenvalue weighted by Crippen LogP contribution is -2.12. The molecule has 6 nitrogen and oxygen atoms in total. The molecule has 0 saturated heterocycles. The summed E-state index contributed by atoms with van der Waals surface area (Å²) in [6, 6.07) is 2.12. The molecular formula is C11H12N4O2S3. The first-order valence-electron chi connectivity index (χ1n) is 5.90. The van der Waals surface area contributed by atoms with Crippen LogP contribution in [0.25, 0.3) is 10.7 Å². The SMILES string of the molecule is Nn1c(SCC(=O)O)nnc1-c1cc2c(s1)CCSC2. The number of carboxylic acid groups (broad SMARTS) is 1. The van der Waals surface area contributed by atoms with Crippen molar-refractivity contribution in [2.75, 3.05) is 17.3 Å². The van der Waals surface area contributed by atoms with E-state index in [1.165, 1.54) is 15.1 Å². The normalized spacial score (nSPS) is 14.2. The summed E-state index contributed by atoms with van der Waals surface area (Å²) in [7, 11) is 0. The summed E-state index contributed by atoms with van der Waals surface area (Å²) in [6.07, 6.45) is 1.09. The molecule has 2 aromatic heterocycles. The van der Waals surface area contributed by atoms with Gasteiger partial charge in [0.05, 0.1) is 10.6 Å². The van der Waals surface area contributed by atoms with Crippen LogP contribution in [0, 0.1) is 0 Å². The van der Waals surface area contributed by atoms with E-state index in [2.05, 4.69) is 16.3 Å². The highest BCUT2D eigenvalue weighted by atomic mass is 32.2. The van der Waals surface area contributed by atoms with Gasteiger partial charge in [-0.2, -0.15) is 11.8 Å². The first-order chi connectivity index (χ1) is 9.65. The number of aromatic nitrogens is 3. The summed E-state index contributed by atoms with van der Waals surface area (Å²) in [5.41, 5.74) is 1.35. The fraction of sp³-hybridized carbons (Fsp3) is 0.364. The highest BCUT2D eigenvalue weighted by molar-refractivity contribution is 7.99. The summed E-state index contributed by atoms with van der Waals surface area (Å²) in [4.78, 5) is 13.0. The number of thiophene rings is 1. The molecule has 0 spiro atoms. The molecule has 0 amide bonds. The molecule has 0 aliphatic carbocycles. The Balaban J connectivity index is 1.87. The third kappa shape index (κ3) is 2.65. The molecule has 3 rings (SSSR count). The molecule has 0 atom stereocenters. The number of hydrogen-bond donors (Lipinski definition) is 2. The Bertz CT molecular complexity index is 629. The Hall–Kier alpha value is -1.19. The third-order valence-electron chi connectivity index (χ3n) is 2.84. The number of aryl methyl sites for hydroxylation is 1. The van der Waals surface area contributed by atoms with Crippen LogP contribution < -0.4 is 5.84 Å². The van der Waals surface area contributed by atoms with Crippen molar-refractivity contribution >= 4 is 40.8 Å². The van der Waals surface area contributed by atoms with Crippen LogP contribution in [0.15, 0.2) is 11.2 Å². The summed E-state index contributed by atoms with van der Waals surface area (Å²) in [5, 5.41) is 17.1. The number of thioether (sulfide) groups is 2. The van der Waals surface area contributed by atoms with E-state index in [0.29, 0.717) is 11.0 Å². The van der Waals surface area contributed by atoms with Crippen LogP contribution in [0.1, 0.15) is 10.4 Å². The van der Waals surface area contributed by atoms with Crippen molar-refractivity contribution in [1.82, 2.24) is 14.9 Å². The molecule has 3 heterocycles. The predicted octanol–water partition coefficient (Wildman–Crippen LogP) is 1.69. The molecule has 3 N–H and O–H groups in total. The standard InChI is InChI=1S/C11H12N4O2S3/c12-15-10(13-14-11(15)19-5-9(16)17)8-3-6-4-18-2-1-7(6)20-8/h3H,1-2,4-5,12H2,(H,16,17). The van der Waals surface area contributed by atoms with E-state index in [1.54, 1.807) is 11.3 Å². The van der Waals surface area contributed by atoms with Gasteiger partial charge in [-0.1, -0.05) is 11.8 Å². The van der Waals surface area contributed by atoms with E-state index in [1.807, 2.05) is 11.8 Å². The quantitative estimate of drug-likeness (QED) is 0.651. The smallest absolute Gasteiger partial charge is 0.313 e. The fourth-order valence-electron chi connectivity index (χ4n) is 1.93. The number of nitrogens with zero attached hydrogens (tertiary/aromatic N) is 3. The zero-order valence-corrected chi connectivity index (χ0v) is 12.9. The van der Waals surface area contributed by atoms with Crippen molar-refractivity contribution in [2.45, 2.75) is 17.3 Å². The predicted molar refractivity (Wildman–Crippen MR) is 81.7 cm³/mol. The first kappa shape index (κ1) is 13.8. The summed E-state index contributed by atoms with van der Waals surface area (Å²) in [5.74, 6) is 7.77. The zero-order valence-electron chi connectivity index (χ0n) is 10.4. The lowest BCUT2D eigenvalue weighted by Gasteiger charge is -2.08. The van der Waals surface area contributed by atoms with E-state index in [-0.39, 0.29) is 5.75 Å². The minimum Gasteiger partial charge on any atom is -0.481 e. The lowest BCUT2D eigenvalue weighted by molar-refractivity contribution is -0.133. The van der Waals surface area contributed by atoms with Crippen LogP contribution in [0.5, 0.6) is 0 Å². The molecule has 1 aliphatic rings. The molecule has 2 aromatic rings. The van der Waals surface area contributed by atoms with E-state index < -0.39 is 5.97 Å². The van der Waals surface area contributed by atoms with Gasteiger partial charge < -0.3 is 10.9 Å². The molecule has 9 heteroatoms. The maximum absolute atomic E-state index is 10.6. The number of nitrogen functional groups attached to an aromatic ring is 1. The van der Waals surface area contributed by atoms with Gasteiger partial charge in [0.1, 0.15) is 0 Å². The maximum atomic E-state index is 10.6. The average molecular weight is 328 g/mol. The zero-order chi connectivity index (χ0) is 14.1. The molecule has 0 fully saturated rings. The molecule has 1 aliphatic heterocycles. The van der Waals surface area contributed by atoms with Crippen molar-refractivity contribution in [3.8, 4) is 10.7 Å². The minimum absolute atomic E-state index is 0.0765. The van der Waals surface area contributed by atoms with Crippen molar-refractivity contribution in [3.05, 3.63) is 16.5 Å². The van der Waals surface area contributed by atoms with E-state index in [0.717, 1.165) is 34.6 Å². The number of carbonyl (C=O) groups is 1. The number of rotatable bonds is 4. The maximum Gasteiger partial charge on any atom is 0.313 e. The van der Waals surface area contributed by atoms with Crippen molar-refractivity contribution in [1.29, 1.82) is 0 Å². The number of carboxylic acids is 1. The monoisotopic (exact) mass is 328 g/mol. The molecule has 0 bridgehead atoms. The van der Waals surface area contributed by atoms with Gasteiger partial charge in [0, 0.05) is 10.6 Å². The highest BCUT2D eigenvalue weighted by Crippen LogP contribution is 2.36. The number of nitrogens with two attached hydrogens (primary N) is 1. The Morgan fingerprint density at radius 3 is 3.15 bits per heavy atom. The second-order valence-corrected chi connectivity index (χ2v) is 7.40. The topological polar surface area (TPSA) is 94.0 Å². The van der Waals surface area contributed by atoms with E-state index in [4.69, 9.17) is 10.9 Å². The second kappa shape index (κ2) is 5.66. The Morgan fingerprint density at radius 1 is 1.55 bits per heavy atom. The van der Waals surface area contributed by atoms with Crippen LogP contribution >= 0.6 is 34.9 Å². The largest absolute Gasteiger partial charge is 0.481 e. The van der Waals surface area contributed by atoms with Crippen LogP contribution in [-0.2, 0) is 17.0 Å². The fourth-order valence-corrected chi connectivity index (χ4v) is 4.86. The van der Waals surface area contributed by atoms with Gasteiger partial charge in [0.2, 0.25) is 5.16 Å². The summed E-state index contributed by atoms with van der Waals surface area (Å²) in [6.45, 7) is 0. The van der Waals surface area contributed by atoms with Crippen molar-refractivity contribution in [2.24, 2.45) is 0 Å². The minimum atomic E-state index is -0.900. The Kier molecular flexibility index (Phi) is 3.90. The molecule has 106 valence electrons. The number of aliphatic carboxylic acids is 1. The van der Waals surface area contributed by atoms with Gasteiger partial charge in [0.25, 0.3) is 0 Å². The lowest BCUT2D eigenvalue weighted by atomic mass is 10.2. The highest BCUT2D eigenvalue weighted by Gasteiger charge is 2.19. The van der Waals surface area contributed by atoms with Gasteiger partial charge in [-0.25, -0.2) is 4.68 Å². The first-order valence-corrected chi connectivity index (χ1v) is 8.85. The summed E-state index contributed by atoms with van der Waals surface area (Å²) >= 11 is 4.70.